The van der Waals surface area contributed by atoms with Crippen molar-refractivity contribution in [2.75, 3.05) is 6.61 Å². The second-order valence-corrected chi connectivity index (χ2v) is 5.71. The van der Waals surface area contributed by atoms with Gasteiger partial charge in [-0.15, -0.1) is 0 Å². The maximum absolute atomic E-state index is 11.8. The van der Waals surface area contributed by atoms with E-state index in [1.54, 1.807) is 0 Å². The van der Waals surface area contributed by atoms with Crippen molar-refractivity contribution in [2.45, 2.75) is 6.42 Å². The maximum atomic E-state index is 11.8. The molecule has 0 saturated heterocycles. The number of carbonyl (C=O) groups is 3. The summed E-state index contributed by atoms with van der Waals surface area (Å²) in [6.07, 6.45) is -0.150. The van der Waals surface area contributed by atoms with E-state index in [4.69, 9.17) is 16.3 Å². The third kappa shape index (κ3) is 6.40. The molecule has 9 nitrogen and oxygen atoms in total. The SMILES string of the molecule is O=C(COC(=O)Cc1ccc([N+](=O)[O-])cc1)NNC(=O)c1ccc(Cl)cc1. The molecule has 2 aromatic carbocycles. The number of nitrogens with zero attached hydrogens (tertiary/aromatic N) is 1. The molecule has 0 saturated carbocycles. The lowest BCUT2D eigenvalue weighted by Crippen LogP contribution is -2.43. The lowest BCUT2D eigenvalue weighted by molar-refractivity contribution is -0.384. The van der Waals surface area contributed by atoms with Crippen LogP contribution in [0.3, 0.4) is 0 Å². The topological polar surface area (TPSA) is 128 Å². The molecule has 0 bridgehead atoms. The lowest BCUT2D eigenvalue weighted by atomic mass is 10.1. The van der Waals surface area contributed by atoms with Crippen LogP contribution in [0.1, 0.15) is 15.9 Å². The zero-order valence-corrected chi connectivity index (χ0v) is 14.6. The predicted octanol–water partition coefficient (Wildman–Crippen LogP) is 1.80. The molecule has 2 amide bonds. The summed E-state index contributed by atoms with van der Waals surface area (Å²) in [6, 6.07) is 11.4. The number of nitro groups is 1. The highest BCUT2D eigenvalue weighted by molar-refractivity contribution is 6.30. The number of nitro benzene ring substituents is 1. The highest BCUT2D eigenvalue weighted by atomic mass is 35.5. The summed E-state index contributed by atoms with van der Waals surface area (Å²) in [5.74, 6) is -1.98. The highest BCUT2D eigenvalue weighted by Crippen LogP contribution is 2.12. The standard InChI is InChI=1S/C17H14ClN3O6/c18-13-5-3-12(4-6-13)17(24)20-19-15(22)10-27-16(23)9-11-1-7-14(8-2-11)21(25)26/h1-8H,9-10H2,(H,19,22)(H,20,24). The van der Waals surface area contributed by atoms with Crippen molar-refractivity contribution in [3.63, 3.8) is 0 Å². The van der Waals surface area contributed by atoms with Crippen LogP contribution in [-0.4, -0.2) is 29.3 Å². The quantitative estimate of drug-likeness (QED) is 0.439. The third-order valence-electron chi connectivity index (χ3n) is 3.28. The first-order valence-corrected chi connectivity index (χ1v) is 7.96. The van der Waals surface area contributed by atoms with Crippen LogP contribution in [0, 0.1) is 10.1 Å². The zero-order chi connectivity index (χ0) is 19.8. The summed E-state index contributed by atoms with van der Waals surface area (Å²) < 4.78 is 4.79. The number of nitrogens with one attached hydrogen (secondary N) is 2. The largest absolute Gasteiger partial charge is 0.455 e. The van der Waals surface area contributed by atoms with Crippen molar-refractivity contribution >= 4 is 35.1 Å². The van der Waals surface area contributed by atoms with Gasteiger partial charge in [-0.2, -0.15) is 0 Å². The van der Waals surface area contributed by atoms with Gasteiger partial charge < -0.3 is 4.74 Å². The van der Waals surface area contributed by atoms with Crippen LogP contribution in [0.2, 0.25) is 5.02 Å². The first-order chi connectivity index (χ1) is 12.8. The molecule has 10 heteroatoms. The lowest BCUT2D eigenvalue weighted by Gasteiger charge is -2.08. The fourth-order valence-electron chi connectivity index (χ4n) is 1.94. The molecule has 140 valence electrons. The predicted molar refractivity (Wildman–Crippen MR) is 94.8 cm³/mol. The van der Waals surface area contributed by atoms with Crippen molar-refractivity contribution < 1.29 is 24.0 Å². The van der Waals surface area contributed by atoms with Gasteiger partial charge in [0.2, 0.25) is 0 Å². The molecule has 2 N–H and O–H groups in total. The van der Waals surface area contributed by atoms with E-state index in [9.17, 15) is 24.5 Å². The van der Waals surface area contributed by atoms with Crippen LogP contribution in [0.15, 0.2) is 48.5 Å². The molecule has 27 heavy (non-hydrogen) atoms. The van der Waals surface area contributed by atoms with E-state index >= 15 is 0 Å². The van der Waals surface area contributed by atoms with Crippen molar-refractivity contribution in [1.29, 1.82) is 0 Å². The Labute approximate surface area is 158 Å². The zero-order valence-electron chi connectivity index (χ0n) is 13.8. The Morgan fingerprint density at radius 1 is 1.00 bits per heavy atom. The molecule has 0 heterocycles. The van der Waals surface area contributed by atoms with Crippen molar-refractivity contribution in [2.24, 2.45) is 0 Å². The summed E-state index contributed by atoms with van der Waals surface area (Å²) >= 11 is 5.71. The summed E-state index contributed by atoms with van der Waals surface area (Å²) in [6.45, 7) is -0.591. The molecule has 0 aliphatic rings. The van der Waals surface area contributed by atoms with E-state index in [0.29, 0.717) is 10.6 Å². The van der Waals surface area contributed by atoms with Crippen LogP contribution in [-0.2, 0) is 20.7 Å². The highest BCUT2D eigenvalue weighted by Gasteiger charge is 2.11. The van der Waals surface area contributed by atoms with Gasteiger partial charge in [-0.25, -0.2) is 0 Å². The van der Waals surface area contributed by atoms with Gasteiger partial charge in [-0.1, -0.05) is 23.7 Å². The molecule has 0 aliphatic heterocycles. The summed E-state index contributed by atoms with van der Waals surface area (Å²) in [5.41, 5.74) is 4.98. The van der Waals surface area contributed by atoms with Crippen LogP contribution >= 0.6 is 11.6 Å². The first-order valence-electron chi connectivity index (χ1n) is 7.59. The van der Waals surface area contributed by atoms with E-state index in [1.165, 1.54) is 48.5 Å². The first kappa shape index (κ1) is 19.9. The molecular weight excluding hydrogens is 378 g/mol. The summed E-state index contributed by atoms with van der Waals surface area (Å²) in [4.78, 5) is 45.1. The minimum absolute atomic E-state index is 0.0945. The minimum atomic E-state index is -0.727. The van der Waals surface area contributed by atoms with Crippen molar-refractivity contribution in [3.05, 3.63) is 74.8 Å². The smallest absolute Gasteiger partial charge is 0.310 e. The fourth-order valence-corrected chi connectivity index (χ4v) is 2.06. The van der Waals surface area contributed by atoms with Gasteiger partial charge in [0.15, 0.2) is 6.61 Å². The second-order valence-electron chi connectivity index (χ2n) is 5.27. The van der Waals surface area contributed by atoms with Gasteiger partial charge in [0, 0.05) is 22.7 Å². The molecule has 0 atom stereocenters. The molecule has 0 fully saturated rings. The number of hydrogen-bond acceptors (Lipinski definition) is 6. The molecule has 0 radical (unpaired) electrons. The minimum Gasteiger partial charge on any atom is -0.455 e. The average molecular weight is 392 g/mol. The van der Waals surface area contributed by atoms with E-state index < -0.39 is 29.3 Å². The Kier molecular flexibility index (Phi) is 6.84. The van der Waals surface area contributed by atoms with Crippen LogP contribution < -0.4 is 10.9 Å². The van der Waals surface area contributed by atoms with Crippen LogP contribution in [0.25, 0.3) is 0 Å². The van der Waals surface area contributed by atoms with Crippen LogP contribution in [0.4, 0.5) is 5.69 Å². The molecule has 0 aliphatic carbocycles. The Morgan fingerprint density at radius 3 is 2.22 bits per heavy atom. The second kappa shape index (κ2) is 9.30. The number of benzene rings is 2. The Morgan fingerprint density at radius 2 is 1.63 bits per heavy atom. The van der Waals surface area contributed by atoms with E-state index in [-0.39, 0.29) is 17.7 Å². The summed E-state index contributed by atoms with van der Waals surface area (Å²) in [7, 11) is 0. The molecule has 2 aromatic rings. The molecule has 0 unspecified atom stereocenters. The number of ether oxygens (including phenoxy) is 1. The van der Waals surface area contributed by atoms with Gasteiger partial charge in [0.25, 0.3) is 17.5 Å². The van der Waals surface area contributed by atoms with E-state index in [2.05, 4.69) is 10.9 Å². The van der Waals surface area contributed by atoms with E-state index in [1.807, 2.05) is 0 Å². The van der Waals surface area contributed by atoms with Gasteiger partial charge in [0.05, 0.1) is 11.3 Å². The number of halogens is 1. The molecule has 0 aromatic heterocycles. The van der Waals surface area contributed by atoms with Gasteiger partial charge in [-0.05, 0) is 29.8 Å². The van der Waals surface area contributed by atoms with Crippen LogP contribution in [0.5, 0.6) is 0 Å². The van der Waals surface area contributed by atoms with Crippen molar-refractivity contribution in [1.82, 2.24) is 10.9 Å². The number of rotatable bonds is 6. The normalized spacial score (nSPS) is 9.96. The number of carbonyl (C=O) groups excluding carboxylic acids is 3. The Bertz CT molecular complexity index is 852. The van der Waals surface area contributed by atoms with Gasteiger partial charge in [-0.3, -0.25) is 35.3 Å². The number of esters is 1. The van der Waals surface area contributed by atoms with Gasteiger partial charge >= 0.3 is 5.97 Å². The maximum Gasteiger partial charge on any atom is 0.310 e. The van der Waals surface area contributed by atoms with E-state index in [0.717, 1.165) is 0 Å². The van der Waals surface area contributed by atoms with Gasteiger partial charge in [0.1, 0.15) is 0 Å². The molecular formula is C17H14ClN3O6. The number of hydrogen-bond donors (Lipinski definition) is 2. The monoisotopic (exact) mass is 391 g/mol. The number of non-ortho nitro benzene ring substituents is 1. The Balaban J connectivity index is 1.72. The third-order valence-corrected chi connectivity index (χ3v) is 3.53. The average Bonchev–Trinajstić information content (AvgIpc) is 2.65. The number of amides is 2. The Hall–Kier alpha value is -3.46. The summed E-state index contributed by atoms with van der Waals surface area (Å²) in [5, 5.41) is 11.0. The number of hydrazine groups is 1. The molecule has 2 rings (SSSR count). The van der Waals surface area contributed by atoms with Crippen molar-refractivity contribution in [3.8, 4) is 0 Å². The fraction of sp³-hybridized carbons (Fsp3) is 0.118. The molecule has 0 spiro atoms.